The third-order valence-electron chi connectivity index (χ3n) is 4.15. The number of aliphatic hydroxyl groups is 1. The molecule has 0 unspecified atom stereocenters. The lowest BCUT2D eigenvalue weighted by Gasteiger charge is -2.35. The maximum atomic E-state index is 13.6. The van der Waals surface area contributed by atoms with Crippen molar-refractivity contribution in [2.24, 2.45) is 5.92 Å². The molecular formula is C16H21FN2O. The third-order valence-corrected chi connectivity index (χ3v) is 4.15. The molecule has 1 aliphatic rings. The fraction of sp³-hybridized carbons (Fsp3) is 0.562. The summed E-state index contributed by atoms with van der Waals surface area (Å²) in [5.74, 6) is 0.362. The minimum absolute atomic E-state index is 0.319. The van der Waals surface area contributed by atoms with Crippen molar-refractivity contribution in [3.05, 3.63) is 35.1 Å². The number of benzene rings is 1. The van der Waals surface area contributed by atoms with E-state index in [0.29, 0.717) is 30.1 Å². The van der Waals surface area contributed by atoms with Crippen LogP contribution in [0.15, 0.2) is 18.2 Å². The average molecular weight is 276 g/mol. The first-order valence-electron chi connectivity index (χ1n) is 7.14. The molecule has 2 N–H and O–H groups in total. The van der Waals surface area contributed by atoms with E-state index in [1.54, 1.807) is 6.07 Å². The molecular weight excluding hydrogens is 255 g/mol. The highest BCUT2D eigenvalue weighted by Gasteiger charge is 2.31. The average Bonchev–Trinajstić information content (AvgIpc) is 2.44. The number of rotatable bonds is 4. The Kier molecular flexibility index (Phi) is 4.74. The molecule has 0 saturated heterocycles. The zero-order valence-electron chi connectivity index (χ0n) is 11.8. The van der Waals surface area contributed by atoms with Crippen molar-refractivity contribution in [2.45, 2.75) is 44.8 Å². The maximum Gasteiger partial charge on any atom is 0.127 e. The molecule has 0 radical (unpaired) electrons. The van der Waals surface area contributed by atoms with Gasteiger partial charge in [-0.05, 0) is 49.8 Å². The highest BCUT2D eigenvalue weighted by Crippen LogP contribution is 2.31. The highest BCUT2D eigenvalue weighted by molar-refractivity contribution is 5.33. The lowest BCUT2D eigenvalue weighted by molar-refractivity contribution is -0.00635. The van der Waals surface area contributed by atoms with Crippen LogP contribution < -0.4 is 5.32 Å². The van der Waals surface area contributed by atoms with Gasteiger partial charge in [-0.1, -0.05) is 6.92 Å². The lowest BCUT2D eigenvalue weighted by Crippen LogP contribution is -2.43. The first-order chi connectivity index (χ1) is 9.52. The summed E-state index contributed by atoms with van der Waals surface area (Å²) < 4.78 is 13.6. The van der Waals surface area contributed by atoms with Crippen LogP contribution in [-0.2, 0) is 6.54 Å². The Labute approximate surface area is 119 Å². The van der Waals surface area contributed by atoms with Crippen molar-refractivity contribution < 1.29 is 9.50 Å². The molecule has 1 aromatic carbocycles. The Hall–Kier alpha value is -1.44. The van der Waals surface area contributed by atoms with E-state index in [9.17, 15) is 9.50 Å². The van der Waals surface area contributed by atoms with Gasteiger partial charge in [-0.25, -0.2) is 4.39 Å². The number of hydrogen-bond acceptors (Lipinski definition) is 3. The van der Waals surface area contributed by atoms with Gasteiger partial charge in [-0.3, -0.25) is 0 Å². The van der Waals surface area contributed by atoms with Gasteiger partial charge in [0, 0.05) is 18.7 Å². The van der Waals surface area contributed by atoms with E-state index in [2.05, 4.69) is 12.2 Å². The van der Waals surface area contributed by atoms with Gasteiger partial charge >= 0.3 is 0 Å². The Balaban J connectivity index is 1.88. The van der Waals surface area contributed by atoms with E-state index in [1.165, 1.54) is 12.1 Å². The summed E-state index contributed by atoms with van der Waals surface area (Å²) in [6.45, 7) is 3.00. The second-order valence-electron chi connectivity index (χ2n) is 5.93. The second-order valence-corrected chi connectivity index (χ2v) is 5.93. The van der Waals surface area contributed by atoms with Gasteiger partial charge in [-0.15, -0.1) is 0 Å². The molecule has 3 nitrogen and oxygen atoms in total. The fourth-order valence-electron chi connectivity index (χ4n) is 2.69. The Morgan fingerprint density at radius 1 is 1.45 bits per heavy atom. The van der Waals surface area contributed by atoms with Crippen molar-refractivity contribution >= 4 is 0 Å². The van der Waals surface area contributed by atoms with Crippen LogP contribution in [0.3, 0.4) is 0 Å². The van der Waals surface area contributed by atoms with Crippen molar-refractivity contribution in [1.29, 1.82) is 5.26 Å². The predicted molar refractivity (Wildman–Crippen MR) is 75.4 cm³/mol. The summed E-state index contributed by atoms with van der Waals surface area (Å²) in [6, 6.07) is 6.33. The summed E-state index contributed by atoms with van der Waals surface area (Å²) in [5, 5.41) is 22.4. The summed E-state index contributed by atoms with van der Waals surface area (Å²) in [4.78, 5) is 0. The van der Waals surface area contributed by atoms with Crippen LogP contribution in [0.25, 0.3) is 0 Å². The van der Waals surface area contributed by atoms with Crippen LogP contribution in [0.2, 0.25) is 0 Å². The molecule has 2 rings (SSSR count). The monoisotopic (exact) mass is 276 g/mol. The zero-order valence-corrected chi connectivity index (χ0v) is 11.8. The van der Waals surface area contributed by atoms with Crippen LogP contribution in [-0.4, -0.2) is 17.3 Å². The highest BCUT2D eigenvalue weighted by atomic mass is 19.1. The van der Waals surface area contributed by atoms with Gasteiger partial charge in [0.05, 0.1) is 17.2 Å². The number of halogens is 1. The van der Waals surface area contributed by atoms with E-state index in [1.807, 2.05) is 6.07 Å². The van der Waals surface area contributed by atoms with Crippen LogP contribution in [0, 0.1) is 23.1 Å². The zero-order chi connectivity index (χ0) is 14.6. The van der Waals surface area contributed by atoms with E-state index in [0.717, 1.165) is 25.7 Å². The fourth-order valence-corrected chi connectivity index (χ4v) is 2.69. The number of hydrogen-bond donors (Lipinski definition) is 2. The molecule has 0 spiro atoms. The predicted octanol–water partition coefficient (Wildman–Crippen LogP) is 2.73. The van der Waals surface area contributed by atoms with Crippen LogP contribution in [0.5, 0.6) is 0 Å². The summed E-state index contributed by atoms with van der Waals surface area (Å²) >= 11 is 0. The molecule has 1 aromatic rings. The van der Waals surface area contributed by atoms with Crippen LogP contribution in [0.4, 0.5) is 4.39 Å². The van der Waals surface area contributed by atoms with Crippen LogP contribution in [0.1, 0.15) is 43.7 Å². The molecule has 1 saturated carbocycles. The molecule has 108 valence electrons. The van der Waals surface area contributed by atoms with Gasteiger partial charge in [0.1, 0.15) is 5.82 Å². The molecule has 4 heteroatoms. The first-order valence-corrected chi connectivity index (χ1v) is 7.14. The Bertz CT molecular complexity index is 502. The Morgan fingerprint density at radius 3 is 2.80 bits per heavy atom. The number of nitrogens with zero attached hydrogens (tertiary/aromatic N) is 1. The maximum absolute atomic E-state index is 13.6. The summed E-state index contributed by atoms with van der Waals surface area (Å²) in [7, 11) is 0. The van der Waals surface area contributed by atoms with Gasteiger partial charge < -0.3 is 10.4 Å². The van der Waals surface area contributed by atoms with Crippen LogP contribution >= 0.6 is 0 Å². The van der Waals surface area contributed by atoms with Crippen molar-refractivity contribution in [1.82, 2.24) is 5.32 Å². The SMILES string of the molecule is CC1CCC(O)(CNCc2cc(C#N)ccc2F)CC1. The van der Waals surface area contributed by atoms with E-state index in [-0.39, 0.29) is 5.82 Å². The molecule has 1 aliphatic carbocycles. The molecule has 0 bridgehead atoms. The normalized spacial score (nSPS) is 26.2. The molecule has 0 amide bonds. The van der Waals surface area contributed by atoms with Crippen molar-refractivity contribution in [3.63, 3.8) is 0 Å². The molecule has 0 aliphatic heterocycles. The number of nitrogens with one attached hydrogen (secondary N) is 1. The van der Waals surface area contributed by atoms with E-state index in [4.69, 9.17) is 5.26 Å². The molecule has 1 fully saturated rings. The van der Waals surface area contributed by atoms with Crippen molar-refractivity contribution in [3.8, 4) is 6.07 Å². The lowest BCUT2D eigenvalue weighted by atomic mass is 9.79. The quantitative estimate of drug-likeness (QED) is 0.889. The van der Waals surface area contributed by atoms with Gasteiger partial charge in [0.15, 0.2) is 0 Å². The second kappa shape index (κ2) is 6.34. The van der Waals surface area contributed by atoms with E-state index < -0.39 is 5.60 Å². The first kappa shape index (κ1) is 15.0. The summed E-state index contributed by atoms with van der Waals surface area (Å²) in [5.41, 5.74) is 0.251. The van der Waals surface area contributed by atoms with Gasteiger partial charge in [0.25, 0.3) is 0 Å². The minimum Gasteiger partial charge on any atom is -0.389 e. The largest absolute Gasteiger partial charge is 0.389 e. The molecule has 20 heavy (non-hydrogen) atoms. The smallest absolute Gasteiger partial charge is 0.127 e. The minimum atomic E-state index is -0.671. The Morgan fingerprint density at radius 2 is 2.15 bits per heavy atom. The standard InChI is InChI=1S/C16H21FN2O/c1-12-4-6-16(20,7-5-12)11-19-10-14-8-13(9-18)2-3-15(14)17/h2-3,8,12,19-20H,4-7,10-11H2,1H3. The third kappa shape index (κ3) is 3.78. The molecule has 0 aromatic heterocycles. The van der Waals surface area contributed by atoms with Gasteiger partial charge in [-0.2, -0.15) is 5.26 Å². The molecule has 0 heterocycles. The molecule has 0 atom stereocenters. The van der Waals surface area contributed by atoms with Crippen molar-refractivity contribution in [2.75, 3.05) is 6.54 Å². The van der Waals surface area contributed by atoms with Gasteiger partial charge in [0.2, 0.25) is 0 Å². The number of nitriles is 1. The van der Waals surface area contributed by atoms with E-state index >= 15 is 0 Å². The summed E-state index contributed by atoms with van der Waals surface area (Å²) in [6.07, 6.45) is 3.66. The topological polar surface area (TPSA) is 56.0 Å².